The lowest BCUT2D eigenvalue weighted by molar-refractivity contribution is -0.148. The minimum Gasteiger partial charge on any atom is -0.452 e. The number of carbonyl (C=O) groups is 2. The number of amides is 1. The zero-order chi connectivity index (χ0) is 19.3. The minimum absolute atomic E-state index is 0.0149. The number of ether oxygens (including phenoxy) is 1. The van der Waals surface area contributed by atoms with E-state index in [4.69, 9.17) is 4.74 Å². The molecule has 0 saturated heterocycles. The van der Waals surface area contributed by atoms with Gasteiger partial charge in [-0.05, 0) is 23.3 Å². The van der Waals surface area contributed by atoms with Crippen LogP contribution in [-0.2, 0) is 14.3 Å². The monoisotopic (exact) mass is 389 g/mol. The highest BCUT2D eigenvalue weighted by Crippen LogP contribution is 2.37. The van der Waals surface area contributed by atoms with E-state index in [9.17, 15) is 9.59 Å². The van der Waals surface area contributed by atoms with Crippen LogP contribution in [0.1, 0.15) is 23.7 Å². The van der Waals surface area contributed by atoms with Crippen molar-refractivity contribution in [3.63, 3.8) is 0 Å². The van der Waals surface area contributed by atoms with Gasteiger partial charge >= 0.3 is 5.97 Å². The lowest BCUT2D eigenvalue weighted by Crippen LogP contribution is -2.31. The van der Waals surface area contributed by atoms with Crippen molar-refractivity contribution in [2.75, 3.05) is 5.32 Å². The number of hydrogen-bond acceptors (Lipinski definition) is 4. The van der Waals surface area contributed by atoms with Gasteiger partial charge in [0.25, 0.3) is 0 Å². The topological polar surface area (TPSA) is 55.4 Å². The average Bonchev–Trinajstić information content (AvgIpc) is 2.74. The Bertz CT molecular complexity index is 936. The highest BCUT2D eigenvalue weighted by atomic mass is 32.2. The van der Waals surface area contributed by atoms with Gasteiger partial charge in [-0.15, -0.1) is 11.8 Å². The number of rotatable bonds is 5. The summed E-state index contributed by atoms with van der Waals surface area (Å²) in [5, 5.41) is 2.36. The zero-order valence-corrected chi connectivity index (χ0v) is 15.9. The third-order valence-corrected chi connectivity index (χ3v) is 5.79. The maximum Gasteiger partial charge on any atom is 0.308 e. The van der Waals surface area contributed by atoms with Gasteiger partial charge in [0.2, 0.25) is 5.91 Å². The molecule has 4 rings (SSSR count). The molecule has 0 fully saturated rings. The van der Waals surface area contributed by atoms with E-state index >= 15 is 0 Å². The van der Waals surface area contributed by atoms with Crippen LogP contribution >= 0.6 is 11.8 Å². The van der Waals surface area contributed by atoms with E-state index in [1.54, 1.807) is 0 Å². The molecule has 1 N–H and O–H groups in total. The molecule has 0 bridgehead atoms. The second-order valence-electron chi connectivity index (χ2n) is 6.49. The van der Waals surface area contributed by atoms with Crippen LogP contribution in [0.15, 0.2) is 89.8 Å². The molecule has 3 aromatic rings. The van der Waals surface area contributed by atoms with Crippen molar-refractivity contribution in [2.24, 2.45) is 0 Å². The van der Waals surface area contributed by atoms with E-state index in [0.29, 0.717) is 0 Å². The average molecular weight is 389 g/mol. The van der Waals surface area contributed by atoms with Crippen LogP contribution in [0.3, 0.4) is 0 Å². The predicted octanol–water partition coefficient (Wildman–Crippen LogP) is 4.82. The Balaban J connectivity index is 1.50. The van der Waals surface area contributed by atoms with Crippen LogP contribution in [-0.4, -0.2) is 17.1 Å². The predicted molar refractivity (Wildman–Crippen MR) is 110 cm³/mol. The number of para-hydroxylation sites is 1. The fourth-order valence-electron chi connectivity index (χ4n) is 3.14. The first-order chi connectivity index (χ1) is 13.7. The molecule has 140 valence electrons. The molecule has 0 aromatic heterocycles. The number of hydrogen-bond donors (Lipinski definition) is 1. The summed E-state index contributed by atoms with van der Waals surface area (Å²) in [7, 11) is 0. The Morgan fingerprint density at radius 2 is 1.46 bits per heavy atom. The number of carbonyl (C=O) groups excluding carboxylic acids is 2. The van der Waals surface area contributed by atoms with Crippen molar-refractivity contribution in [1.82, 2.24) is 0 Å². The molecule has 28 heavy (non-hydrogen) atoms. The van der Waals surface area contributed by atoms with E-state index in [1.807, 2.05) is 84.9 Å². The van der Waals surface area contributed by atoms with Gasteiger partial charge in [0.05, 0.1) is 17.4 Å². The number of nitrogens with one attached hydrogen (secondary N) is 1. The Hall–Kier alpha value is -3.05. The molecular formula is C23H19NO3S. The molecule has 0 unspecified atom stereocenters. The summed E-state index contributed by atoms with van der Waals surface area (Å²) >= 11 is 1.40. The van der Waals surface area contributed by atoms with Crippen LogP contribution in [0.4, 0.5) is 5.69 Å². The highest BCUT2D eigenvalue weighted by molar-refractivity contribution is 8.01. The molecule has 1 aliphatic rings. The fourth-order valence-corrected chi connectivity index (χ4v) is 4.24. The van der Waals surface area contributed by atoms with E-state index in [2.05, 4.69) is 5.32 Å². The first-order valence-corrected chi connectivity index (χ1v) is 9.94. The molecular weight excluding hydrogens is 370 g/mol. The Kier molecular flexibility index (Phi) is 5.44. The summed E-state index contributed by atoms with van der Waals surface area (Å²) in [6, 6.07) is 26.8. The molecule has 0 saturated carbocycles. The summed E-state index contributed by atoms with van der Waals surface area (Å²) in [5.41, 5.74) is 2.58. The van der Waals surface area contributed by atoms with Crippen LogP contribution in [0.5, 0.6) is 0 Å². The van der Waals surface area contributed by atoms with Crippen LogP contribution < -0.4 is 5.32 Å². The quantitative estimate of drug-likeness (QED) is 0.636. The third-order valence-electron chi connectivity index (χ3n) is 4.51. The molecule has 1 aliphatic heterocycles. The normalized spacial score (nSPS) is 15.6. The van der Waals surface area contributed by atoms with Crippen LogP contribution in [0.25, 0.3) is 0 Å². The highest BCUT2D eigenvalue weighted by Gasteiger charge is 2.30. The van der Waals surface area contributed by atoms with E-state index < -0.39 is 17.3 Å². The van der Waals surface area contributed by atoms with Gasteiger partial charge in [0.1, 0.15) is 0 Å². The minimum atomic E-state index is -0.505. The molecule has 1 atom stereocenters. The van der Waals surface area contributed by atoms with Gasteiger partial charge in [-0.25, -0.2) is 0 Å². The standard InChI is InChI=1S/C23H19NO3S/c25-21(15-20-23(26)24-18-13-7-8-14-19(18)28-20)27-22(16-9-3-1-4-10-16)17-11-5-2-6-12-17/h1-14,20,22H,15H2,(H,24,26)/t20-/m1/s1. The van der Waals surface area contributed by atoms with Crippen molar-refractivity contribution < 1.29 is 14.3 Å². The maximum absolute atomic E-state index is 12.7. The Labute approximate surface area is 167 Å². The number of esters is 1. The molecule has 1 heterocycles. The van der Waals surface area contributed by atoms with Gasteiger partial charge in [0, 0.05) is 4.90 Å². The summed E-state index contributed by atoms with van der Waals surface area (Å²) < 4.78 is 5.83. The lowest BCUT2D eigenvalue weighted by Gasteiger charge is -2.24. The lowest BCUT2D eigenvalue weighted by atomic mass is 10.0. The summed E-state index contributed by atoms with van der Waals surface area (Å²) in [5.74, 6) is -0.568. The summed E-state index contributed by atoms with van der Waals surface area (Å²) in [4.78, 5) is 26.0. The molecule has 1 amide bonds. The molecule has 0 radical (unpaired) electrons. The molecule has 0 aliphatic carbocycles. The second kappa shape index (κ2) is 8.31. The molecule has 3 aromatic carbocycles. The van der Waals surface area contributed by atoms with Crippen molar-refractivity contribution in [3.05, 3.63) is 96.1 Å². The Morgan fingerprint density at radius 3 is 2.11 bits per heavy atom. The van der Waals surface area contributed by atoms with Crippen molar-refractivity contribution in [1.29, 1.82) is 0 Å². The zero-order valence-electron chi connectivity index (χ0n) is 15.1. The molecule has 0 spiro atoms. The largest absolute Gasteiger partial charge is 0.452 e. The summed E-state index contributed by atoms with van der Waals surface area (Å²) in [6.07, 6.45) is -0.486. The second-order valence-corrected chi connectivity index (χ2v) is 7.73. The number of fused-ring (bicyclic) bond motifs is 1. The summed E-state index contributed by atoms with van der Waals surface area (Å²) in [6.45, 7) is 0. The van der Waals surface area contributed by atoms with Gasteiger partial charge in [-0.3, -0.25) is 9.59 Å². The smallest absolute Gasteiger partial charge is 0.308 e. The fraction of sp³-hybridized carbons (Fsp3) is 0.130. The first-order valence-electron chi connectivity index (χ1n) is 9.06. The van der Waals surface area contributed by atoms with Crippen molar-refractivity contribution >= 4 is 29.3 Å². The Morgan fingerprint density at radius 1 is 0.893 bits per heavy atom. The first kappa shape index (κ1) is 18.3. The van der Waals surface area contributed by atoms with Gasteiger partial charge < -0.3 is 10.1 Å². The van der Waals surface area contributed by atoms with E-state index in [-0.39, 0.29) is 12.3 Å². The number of thioether (sulfide) groups is 1. The van der Waals surface area contributed by atoms with E-state index in [1.165, 1.54) is 11.8 Å². The maximum atomic E-state index is 12.7. The molecule has 5 heteroatoms. The van der Waals surface area contributed by atoms with Gasteiger partial charge in [0.15, 0.2) is 6.10 Å². The molecule has 4 nitrogen and oxygen atoms in total. The van der Waals surface area contributed by atoms with Gasteiger partial charge in [-0.2, -0.15) is 0 Å². The SMILES string of the molecule is O=C(C[C@H]1Sc2ccccc2NC1=O)OC(c1ccccc1)c1ccccc1. The van der Waals surface area contributed by atoms with E-state index in [0.717, 1.165) is 21.7 Å². The van der Waals surface area contributed by atoms with Crippen LogP contribution in [0, 0.1) is 0 Å². The van der Waals surface area contributed by atoms with Crippen molar-refractivity contribution in [3.8, 4) is 0 Å². The van der Waals surface area contributed by atoms with Gasteiger partial charge in [-0.1, -0.05) is 72.8 Å². The van der Waals surface area contributed by atoms with Crippen molar-refractivity contribution in [2.45, 2.75) is 22.7 Å². The van der Waals surface area contributed by atoms with Crippen LogP contribution in [0.2, 0.25) is 0 Å². The number of benzene rings is 3. The third kappa shape index (κ3) is 4.10. The number of anilines is 1.